The number of fused-ring (bicyclic) bond motifs is 1. The molecule has 0 radical (unpaired) electrons. The van der Waals surface area contributed by atoms with Crippen molar-refractivity contribution in [3.05, 3.63) is 39.6 Å². The van der Waals surface area contributed by atoms with Crippen molar-refractivity contribution >= 4 is 40.4 Å². The van der Waals surface area contributed by atoms with E-state index in [0.29, 0.717) is 16.3 Å². The number of thioether (sulfide) groups is 1. The highest BCUT2D eigenvalue weighted by Crippen LogP contribution is 2.32. The van der Waals surface area contributed by atoms with Gasteiger partial charge in [0.15, 0.2) is 0 Å². The molecule has 4 N–H and O–H groups in total. The van der Waals surface area contributed by atoms with Crippen LogP contribution in [0.3, 0.4) is 0 Å². The molecule has 104 valence electrons. The van der Waals surface area contributed by atoms with E-state index in [-0.39, 0.29) is 11.7 Å². The van der Waals surface area contributed by atoms with Crippen LogP contribution >= 0.6 is 23.1 Å². The number of amides is 1. The third-order valence-corrected chi connectivity index (χ3v) is 5.38. The number of rotatable bonds is 2. The molecule has 0 bridgehead atoms. The molecule has 2 heterocycles. The molecule has 1 aromatic carbocycles. The third kappa shape index (κ3) is 2.62. The molecule has 1 aromatic heterocycles. The number of thiophene rings is 1. The highest BCUT2D eigenvalue weighted by molar-refractivity contribution is 7.98. The summed E-state index contributed by atoms with van der Waals surface area (Å²) < 4.78 is 0. The molecule has 3 rings (SSSR count). The highest BCUT2D eigenvalue weighted by atomic mass is 32.2. The molecule has 0 atom stereocenters. The number of nitrogens with two attached hydrogens (primary N) is 1. The first-order valence-corrected chi connectivity index (χ1v) is 8.20. The highest BCUT2D eigenvalue weighted by Gasteiger charge is 2.18. The van der Waals surface area contributed by atoms with Gasteiger partial charge in [0.2, 0.25) is 0 Å². The minimum atomic E-state index is -0.146. The first kappa shape index (κ1) is 13.3. The van der Waals surface area contributed by atoms with Crippen molar-refractivity contribution in [2.24, 2.45) is 0 Å². The topological polar surface area (TPSA) is 75.3 Å². The Morgan fingerprint density at radius 3 is 2.95 bits per heavy atom. The van der Waals surface area contributed by atoms with E-state index in [0.717, 1.165) is 17.9 Å². The van der Waals surface area contributed by atoms with Crippen LogP contribution in [0.4, 0.5) is 11.4 Å². The third-order valence-electron chi connectivity index (χ3n) is 3.13. The van der Waals surface area contributed by atoms with Crippen LogP contribution in [0.1, 0.15) is 20.1 Å². The minimum absolute atomic E-state index is 0.0871. The van der Waals surface area contributed by atoms with E-state index < -0.39 is 0 Å². The summed E-state index contributed by atoms with van der Waals surface area (Å²) in [5.41, 5.74) is 7.92. The van der Waals surface area contributed by atoms with Gasteiger partial charge in [0.1, 0.15) is 5.75 Å². The Labute approximate surface area is 125 Å². The van der Waals surface area contributed by atoms with E-state index in [1.807, 2.05) is 17.8 Å². The Balaban J connectivity index is 1.80. The van der Waals surface area contributed by atoms with Crippen LogP contribution in [0.5, 0.6) is 5.75 Å². The maximum absolute atomic E-state index is 12.2. The SMILES string of the molecule is Nc1cc(O)ccc1NC(=O)c1cc2c(s1)CCSC2. The van der Waals surface area contributed by atoms with Crippen LogP contribution in [0.15, 0.2) is 24.3 Å². The Bertz CT molecular complexity index is 644. The predicted octanol–water partition coefficient (Wildman–Crippen LogP) is 3.08. The second-order valence-corrected chi connectivity index (χ2v) is 6.83. The average molecular weight is 306 g/mol. The Morgan fingerprint density at radius 2 is 2.20 bits per heavy atom. The van der Waals surface area contributed by atoms with Gasteiger partial charge in [-0.2, -0.15) is 11.8 Å². The van der Waals surface area contributed by atoms with Crippen LogP contribution in [-0.2, 0) is 12.2 Å². The fourth-order valence-corrected chi connectivity index (χ4v) is 4.37. The summed E-state index contributed by atoms with van der Waals surface area (Å²) in [6, 6.07) is 6.50. The van der Waals surface area contributed by atoms with Crippen molar-refractivity contribution in [2.75, 3.05) is 16.8 Å². The Morgan fingerprint density at radius 1 is 1.35 bits per heavy atom. The van der Waals surface area contributed by atoms with Gasteiger partial charge in [0, 0.05) is 16.7 Å². The van der Waals surface area contributed by atoms with Crippen molar-refractivity contribution in [2.45, 2.75) is 12.2 Å². The number of nitrogens with one attached hydrogen (secondary N) is 1. The minimum Gasteiger partial charge on any atom is -0.508 e. The number of carbonyl (C=O) groups excluding carboxylic acids is 1. The number of hydrogen-bond acceptors (Lipinski definition) is 5. The van der Waals surface area contributed by atoms with E-state index in [1.54, 1.807) is 17.4 Å². The van der Waals surface area contributed by atoms with Gasteiger partial charge in [-0.1, -0.05) is 0 Å². The monoisotopic (exact) mass is 306 g/mol. The normalized spacial score (nSPS) is 13.8. The van der Waals surface area contributed by atoms with Crippen molar-refractivity contribution in [1.82, 2.24) is 0 Å². The number of phenols is 1. The quantitative estimate of drug-likeness (QED) is 0.589. The molecule has 0 unspecified atom stereocenters. The molecule has 1 aliphatic heterocycles. The fraction of sp³-hybridized carbons (Fsp3) is 0.214. The zero-order valence-corrected chi connectivity index (χ0v) is 12.3. The maximum atomic E-state index is 12.2. The molecule has 6 heteroatoms. The molecule has 0 fully saturated rings. The molecular weight excluding hydrogens is 292 g/mol. The summed E-state index contributed by atoms with van der Waals surface area (Å²) in [5.74, 6) is 2.05. The lowest BCUT2D eigenvalue weighted by Crippen LogP contribution is -2.11. The summed E-state index contributed by atoms with van der Waals surface area (Å²) in [6.45, 7) is 0. The number of aryl methyl sites for hydroxylation is 1. The Kier molecular flexibility index (Phi) is 3.58. The van der Waals surface area contributed by atoms with E-state index in [2.05, 4.69) is 5.32 Å². The molecule has 0 spiro atoms. The van der Waals surface area contributed by atoms with Gasteiger partial charge in [-0.05, 0) is 35.9 Å². The lowest BCUT2D eigenvalue weighted by Gasteiger charge is -2.08. The summed E-state index contributed by atoms with van der Waals surface area (Å²) in [5, 5.41) is 12.1. The number of phenolic OH excluding ortho intramolecular Hbond substituents is 1. The number of anilines is 2. The molecule has 4 nitrogen and oxygen atoms in total. The molecular formula is C14H14N2O2S2. The number of nitrogen functional groups attached to an aromatic ring is 1. The van der Waals surface area contributed by atoms with Crippen LogP contribution in [0.2, 0.25) is 0 Å². The summed E-state index contributed by atoms with van der Waals surface area (Å²) in [4.78, 5) is 14.3. The van der Waals surface area contributed by atoms with E-state index in [4.69, 9.17) is 5.73 Å². The first-order valence-electron chi connectivity index (χ1n) is 6.22. The fourth-order valence-electron chi connectivity index (χ4n) is 2.11. The molecule has 1 aliphatic rings. The molecule has 20 heavy (non-hydrogen) atoms. The number of benzene rings is 1. The zero-order chi connectivity index (χ0) is 14.1. The number of hydrogen-bond donors (Lipinski definition) is 3. The summed E-state index contributed by atoms with van der Waals surface area (Å²) in [7, 11) is 0. The lowest BCUT2D eigenvalue weighted by molar-refractivity contribution is 0.103. The van der Waals surface area contributed by atoms with Crippen LogP contribution < -0.4 is 11.1 Å². The van der Waals surface area contributed by atoms with Crippen LogP contribution in [0.25, 0.3) is 0 Å². The van der Waals surface area contributed by atoms with Gasteiger partial charge in [-0.15, -0.1) is 11.3 Å². The average Bonchev–Trinajstić information content (AvgIpc) is 2.86. The van der Waals surface area contributed by atoms with Crippen molar-refractivity contribution in [3.8, 4) is 5.75 Å². The van der Waals surface area contributed by atoms with Gasteiger partial charge < -0.3 is 16.2 Å². The second-order valence-electron chi connectivity index (χ2n) is 4.59. The Hall–Kier alpha value is -1.66. The first-order chi connectivity index (χ1) is 9.63. The summed E-state index contributed by atoms with van der Waals surface area (Å²) in [6.07, 6.45) is 1.04. The largest absolute Gasteiger partial charge is 0.508 e. The molecule has 0 saturated heterocycles. The number of aromatic hydroxyl groups is 1. The van der Waals surface area contributed by atoms with Gasteiger partial charge in [-0.3, -0.25) is 4.79 Å². The van der Waals surface area contributed by atoms with Gasteiger partial charge >= 0.3 is 0 Å². The maximum Gasteiger partial charge on any atom is 0.265 e. The summed E-state index contributed by atoms with van der Waals surface area (Å²) >= 11 is 3.45. The molecule has 2 aromatic rings. The van der Waals surface area contributed by atoms with Crippen molar-refractivity contribution < 1.29 is 9.90 Å². The van der Waals surface area contributed by atoms with Gasteiger partial charge in [0.25, 0.3) is 5.91 Å². The number of carbonyl (C=O) groups is 1. The van der Waals surface area contributed by atoms with Crippen LogP contribution in [0, 0.1) is 0 Å². The van der Waals surface area contributed by atoms with Gasteiger partial charge in [-0.25, -0.2) is 0 Å². The molecule has 1 amide bonds. The standard InChI is InChI=1S/C14H14N2O2S2/c15-10-6-9(17)1-2-11(10)16-14(18)13-5-8-7-19-4-3-12(8)20-13/h1-2,5-6,17H,3-4,7,15H2,(H,16,18). The smallest absolute Gasteiger partial charge is 0.265 e. The van der Waals surface area contributed by atoms with Crippen LogP contribution in [-0.4, -0.2) is 16.8 Å². The van der Waals surface area contributed by atoms with E-state index in [9.17, 15) is 9.90 Å². The molecule has 0 aliphatic carbocycles. The second kappa shape index (κ2) is 5.38. The lowest BCUT2D eigenvalue weighted by atomic mass is 10.2. The zero-order valence-electron chi connectivity index (χ0n) is 10.7. The van der Waals surface area contributed by atoms with Crippen molar-refractivity contribution in [1.29, 1.82) is 0 Å². The predicted molar refractivity (Wildman–Crippen MR) is 84.7 cm³/mol. The van der Waals surface area contributed by atoms with E-state index in [1.165, 1.54) is 22.6 Å². The van der Waals surface area contributed by atoms with Crippen molar-refractivity contribution in [3.63, 3.8) is 0 Å². The molecule has 0 saturated carbocycles. The van der Waals surface area contributed by atoms with Gasteiger partial charge in [0.05, 0.1) is 16.3 Å². The van der Waals surface area contributed by atoms with E-state index >= 15 is 0 Å².